The Kier molecular flexibility index (Phi) is 7.42. The zero-order chi connectivity index (χ0) is 16.5. The standard InChI is InChI=1S/C17H29N3O3/c1-4-18-17(20-14(3)16-8-7-13(2)23-16)19-9-11-21-12-15-6-5-10-22-15/h7-8,14-15H,4-6,9-12H2,1-3H3,(H2,18,19,20). The van der Waals surface area contributed by atoms with E-state index in [0.29, 0.717) is 19.8 Å². The summed E-state index contributed by atoms with van der Waals surface area (Å²) in [5, 5.41) is 6.58. The Morgan fingerprint density at radius 1 is 1.48 bits per heavy atom. The molecule has 130 valence electrons. The molecule has 6 nitrogen and oxygen atoms in total. The predicted molar refractivity (Wildman–Crippen MR) is 90.8 cm³/mol. The Morgan fingerprint density at radius 2 is 2.35 bits per heavy atom. The molecule has 0 saturated carbocycles. The first kappa shape index (κ1) is 17.8. The van der Waals surface area contributed by atoms with Crippen molar-refractivity contribution in [2.24, 2.45) is 4.99 Å². The van der Waals surface area contributed by atoms with Gasteiger partial charge in [-0.3, -0.25) is 4.99 Å². The van der Waals surface area contributed by atoms with E-state index in [0.717, 1.165) is 43.5 Å². The average Bonchev–Trinajstić information content (AvgIpc) is 3.18. The van der Waals surface area contributed by atoms with Crippen LogP contribution in [0.2, 0.25) is 0 Å². The predicted octanol–water partition coefficient (Wildman–Crippen LogP) is 2.40. The second-order valence-corrected chi connectivity index (χ2v) is 5.79. The molecule has 23 heavy (non-hydrogen) atoms. The molecule has 1 aliphatic rings. The molecule has 2 unspecified atom stereocenters. The van der Waals surface area contributed by atoms with Gasteiger partial charge in [-0.05, 0) is 45.7 Å². The molecule has 0 spiro atoms. The molecule has 0 bridgehead atoms. The minimum atomic E-state index is 0.0642. The van der Waals surface area contributed by atoms with Crippen molar-refractivity contribution >= 4 is 5.96 Å². The summed E-state index contributed by atoms with van der Waals surface area (Å²) in [7, 11) is 0. The molecule has 1 aromatic rings. The van der Waals surface area contributed by atoms with Gasteiger partial charge in [-0.15, -0.1) is 0 Å². The fourth-order valence-corrected chi connectivity index (χ4v) is 2.49. The van der Waals surface area contributed by atoms with Gasteiger partial charge in [0.05, 0.1) is 31.9 Å². The van der Waals surface area contributed by atoms with Crippen LogP contribution in [-0.2, 0) is 9.47 Å². The quantitative estimate of drug-likeness (QED) is 0.437. The zero-order valence-electron chi connectivity index (χ0n) is 14.4. The first-order valence-electron chi connectivity index (χ1n) is 8.49. The number of hydrogen-bond donors (Lipinski definition) is 2. The summed E-state index contributed by atoms with van der Waals surface area (Å²) in [6, 6.07) is 4.02. The smallest absolute Gasteiger partial charge is 0.191 e. The van der Waals surface area contributed by atoms with Gasteiger partial charge in [-0.25, -0.2) is 0 Å². The van der Waals surface area contributed by atoms with Crippen molar-refractivity contribution in [2.75, 3.05) is 32.9 Å². The Balaban J connectivity index is 1.72. The number of aryl methyl sites for hydroxylation is 1. The number of ether oxygens (including phenoxy) is 2. The van der Waals surface area contributed by atoms with Gasteiger partial charge in [0.15, 0.2) is 5.96 Å². The van der Waals surface area contributed by atoms with Crippen molar-refractivity contribution in [1.29, 1.82) is 0 Å². The molecule has 2 rings (SSSR count). The van der Waals surface area contributed by atoms with E-state index in [1.165, 1.54) is 0 Å². The molecular weight excluding hydrogens is 294 g/mol. The van der Waals surface area contributed by atoms with Gasteiger partial charge in [-0.2, -0.15) is 0 Å². The van der Waals surface area contributed by atoms with Crippen LogP contribution in [0.5, 0.6) is 0 Å². The number of rotatable bonds is 8. The van der Waals surface area contributed by atoms with E-state index in [1.54, 1.807) is 0 Å². The Labute approximate surface area is 138 Å². The number of hydrogen-bond acceptors (Lipinski definition) is 4. The molecule has 1 aliphatic heterocycles. The van der Waals surface area contributed by atoms with Crippen molar-refractivity contribution in [3.05, 3.63) is 23.7 Å². The summed E-state index contributed by atoms with van der Waals surface area (Å²) in [5.74, 6) is 2.59. The fourth-order valence-electron chi connectivity index (χ4n) is 2.49. The molecule has 1 saturated heterocycles. The van der Waals surface area contributed by atoms with Crippen LogP contribution in [-0.4, -0.2) is 45.0 Å². The Bertz CT molecular complexity index is 481. The van der Waals surface area contributed by atoms with Crippen LogP contribution < -0.4 is 10.6 Å². The van der Waals surface area contributed by atoms with E-state index in [1.807, 2.05) is 26.0 Å². The summed E-state index contributed by atoms with van der Waals surface area (Å²) in [6.07, 6.45) is 2.52. The number of aliphatic imine (C=N–C) groups is 1. The highest BCUT2D eigenvalue weighted by Gasteiger charge is 2.15. The van der Waals surface area contributed by atoms with E-state index >= 15 is 0 Å². The lowest BCUT2D eigenvalue weighted by molar-refractivity contribution is 0.0200. The molecule has 1 fully saturated rings. The zero-order valence-corrected chi connectivity index (χ0v) is 14.4. The highest BCUT2D eigenvalue weighted by Crippen LogP contribution is 2.15. The minimum absolute atomic E-state index is 0.0642. The van der Waals surface area contributed by atoms with Gasteiger partial charge in [0.1, 0.15) is 11.5 Å². The summed E-state index contributed by atoms with van der Waals surface area (Å²) in [5.41, 5.74) is 0. The summed E-state index contributed by atoms with van der Waals surface area (Å²) in [4.78, 5) is 4.54. The van der Waals surface area contributed by atoms with Crippen LogP contribution in [0.25, 0.3) is 0 Å². The molecule has 0 aromatic carbocycles. The first-order chi connectivity index (χ1) is 11.2. The van der Waals surface area contributed by atoms with Crippen molar-refractivity contribution < 1.29 is 13.9 Å². The molecule has 0 radical (unpaired) electrons. The van der Waals surface area contributed by atoms with Crippen molar-refractivity contribution in [1.82, 2.24) is 10.6 Å². The lowest BCUT2D eigenvalue weighted by Gasteiger charge is -2.16. The van der Waals surface area contributed by atoms with Gasteiger partial charge in [0, 0.05) is 13.2 Å². The summed E-state index contributed by atoms with van der Waals surface area (Å²) < 4.78 is 16.8. The van der Waals surface area contributed by atoms with Crippen LogP contribution >= 0.6 is 0 Å². The minimum Gasteiger partial charge on any atom is -0.464 e. The summed E-state index contributed by atoms with van der Waals surface area (Å²) >= 11 is 0. The monoisotopic (exact) mass is 323 g/mol. The molecule has 0 aliphatic carbocycles. The normalized spacial score (nSPS) is 19.8. The van der Waals surface area contributed by atoms with Gasteiger partial charge >= 0.3 is 0 Å². The molecule has 1 aromatic heterocycles. The lowest BCUT2D eigenvalue weighted by atomic mass is 10.2. The van der Waals surface area contributed by atoms with Crippen molar-refractivity contribution in [2.45, 2.75) is 45.8 Å². The highest BCUT2D eigenvalue weighted by molar-refractivity contribution is 5.80. The third-order valence-electron chi connectivity index (χ3n) is 3.72. The second kappa shape index (κ2) is 9.57. The third kappa shape index (κ3) is 6.23. The van der Waals surface area contributed by atoms with Crippen molar-refractivity contribution in [3.8, 4) is 0 Å². The van der Waals surface area contributed by atoms with E-state index in [9.17, 15) is 0 Å². The SMILES string of the molecule is CCNC(=NCCOCC1CCCO1)NC(C)c1ccc(C)o1. The molecule has 2 heterocycles. The second-order valence-electron chi connectivity index (χ2n) is 5.79. The third-order valence-corrected chi connectivity index (χ3v) is 3.72. The first-order valence-corrected chi connectivity index (χ1v) is 8.49. The topological polar surface area (TPSA) is 68.0 Å². The molecule has 6 heteroatoms. The van der Waals surface area contributed by atoms with E-state index < -0.39 is 0 Å². The molecule has 2 atom stereocenters. The maximum Gasteiger partial charge on any atom is 0.191 e. The van der Waals surface area contributed by atoms with Crippen LogP contribution in [0.15, 0.2) is 21.5 Å². The van der Waals surface area contributed by atoms with E-state index in [4.69, 9.17) is 13.9 Å². The number of nitrogens with zero attached hydrogens (tertiary/aromatic N) is 1. The molecule has 0 amide bonds. The maximum atomic E-state index is 5.64. The van der Waals surface area contributed by atoms with Gasteiger partial charge in [0.2, 0.25) is 0 Å². The molecule has 2 N–H and O–H groups in total. The fraction of sp³-hybridized carbons (Fsp3) is 0.706. The number of guanidine groups is 1. The van der Waals surface area contributed by atoms with E-state index in [-0.39, 0.29) is 12.1 Å². The van der Waals surface area contributed by atoms with Gasteiger partial charge in [0.25, 0.3) is 0 Å². The maximum absolute atomic E-state index is 5.64. The largest absolute Gasteiger partial charge is 0.464 e. The molecular formula is C17H29N3O3. The van der Waals surface area contributed by atoms with Crippen molar-refractivity contribution in [3.63, 3.8) is 0 Å². The number of furan rings is 1. The van der Waals surface area contributed by atoms with Crippen LogP contribution in [0.1, 0.15) is 44.3 Å². The Morgan fingerprint density at radius 3 is 3.00 bits per heavy atom. The highest BCUT2D eigenvalue weighted by atomic mass is 16.5. The average molecular weight is 323 g/mol. The van der Waals surface area contributed by atoms with E-state index in [2.05, 4.69) is 22.5 Å². The number of nitrogens with one attached hydrogen (secondary N) is 2. The summed E-state index contributed by atoms with van der Waals surface area (Å²) in [6.45, 7) is 9.61. The van der Waals surface area contributed by atoms with Crippen LogP contribution in [0, 0.1) is 6.92 Å². The van der Waals surface area contributed by atoms with Crippen LogP contribution in [0.3, 0.4) is 0 Å². The van der Waals surface area contributed by atoms with Gasteiger partial charge in [-0.1, -0.05) is 0 Å². The Hall–Kier alpha value is -1.53. The lowest BCUT2D eigenvalue weighted by Crippen LogP contribution is -2.38. The van der Waals surface area contributed by atoms with Gasteiger partial charge < -0.3 is 24.5 Å². The van der Waals surface area contributed by atoms with Crippen LogP contribution in [0.4, 0.5) is 0 Å².